The number of nitrogens with one attached hydrogen (secondary N) is 1. The summed E-state index contributed by atoms with van der Waals surface area (Å²) in [7, 11) is -1.60. The Morgan fingerprint density at radius 2 is 2.19 bits per heavy atom. The molecule has 118 valence electrons. The van der Waals surface area contributed by atoms with Crippen molar-refractivity contribution in [2.75, 3.05) is 20.1 Å². The van der Waals surface area contributed by atoms with Crippen LogP contribution in [-0.4, -0.2) is 32.9 Å². The second-order valence-electron chi connectivity index (χ2n) is 5.56. The predicted octanol–water partition coefficient (Wildman–Crippen LogP) is 2.87. The Hall–Kier alpha value is -0.620. The van der Waals surface area contributed by atoms with E-state index in [4.69, 9.17) is 11.6 Å². The Bertz CT molecular complexity index is 589. The van der Waals surface area contributed by atoms with Gasteiger partial charge in [0, 0.05) is 24.7 Å². The van der Waals surface area contributed by atoms with Gasteiger partial charge in [0.25, 0.3) is 0 Å². The summed E-state index contributed by atoms with van der Waals surface area (Å²) in [5.41, 5.74) is 0.810. The van der Waals surface area contributed by atoms with Crippen LogP contribution in [0.3, 0.4) is 0 Å². The molecule has 1 atom stereocenters. The van der Waals surface area contributed by atoms with Crippen molar-refractivity contribution in [3.05, 3.63) is 28.8 Å². The molecule has 1 unspecified atom stereocenters. The molecule has 0 aromatic heterocycles. The smallest absolute Gasteiger partial charge is 0.243 e. The van der Waals surface area contributed by atoms with E-state index in [-0.39, 0.29) is 0 Å². The number of rotatable bonds is 5. The topological polar surface area (TPSA) is 49.4 Å². The summed E-state index contributed by atoms with van der Waals surface area (Å²) in [6.45, 7) is 3.92. The molecule has 0 saturated carbocycles. The molecular weight excluding hydrogens is 308 g/mol. The summed E-state index contributed by atoms with van der Waals surface area (Å²) in [5, 5.41) is 3.60. The Balaban J connectivity index is 2.28. The average molecular weight is 331 g/mol. The molecule has 0 aliphatic carbocycles. The highest BCUT2D eigenvalue weighted by atomic mass is 35.5. The van der Waals surface area contributed by atoms with Gasteiger partial charge in [-0.2, -0.15) is 4.31 Å². The van der Waals surface area contributed by atoms with Crippen LogP contribution in [-0.2, 0) is 16.6 Å². The molecule has 0 spiro atoms. The summed E-state index contributed by atoms with van der Waals surface area (Å²) in [6.07, 6.45) is 3.08. The highest BCUT2D eigenvalue weighted by Crippen LogP contribution is 2.27. The van der Waals surface area contributed by atoms with E-state index in [9.17, 15) is 8.42 Å². The minimum atomic E-state index is -3.42. The molecule has 0 bridgehead atoms. The second-order valence-corrected chi connectivity index (χ2v) is 7.91. The predicted molar refractivity (Wildman–Crippen MR) is 86.0 cm³/mol. The third kappa shape index (κ3) is 3.77. The monoisotopic (exact) mass is 330 g/mol. The highest BCUT2D eigenvalue weighted by molar-refractivity contribution is 7.89. The SMILES string of the molecule is CCC1CCCN(S(=O)(=O)c2ccc(Cl)c(CNC)c2)C1. The quantitative estimate of drug-likeness (QED) is 0.903. The van der Waals surface area contributed by atoms with Crippen LogP contribution in [0.25, 0.3) is 0 Å². The highest BCUT2D eigenvalue weighted by Gasteiger charge is 2.29. The molecular formula is C15H23ClN2O2S. The molecule has 1 N–H and O–H groups in total. The fourth-order valence-corrected chi connectivity index (χ4v) is 4.56. The molecule has 1 aromatic rings. The van der Waals surface area contributed by atoms with Gasteiger partial charge in [-0.3, -0.25) is 0 Å². The number of nitrogens with zero attached hydrogens (tertiary/aromatic N) is 1. The lowest BCUT2D eigenvalue weighted by molar-refractivity contribution is 0.261. The van der Waals surface area contributed by atoms with Crippen molar-refractivity contribution < 1.29 is 8.42 Å². The van der Waals surface area contributed by atoms with E-state index in [0.29, 0.717) is 35.5 Å². The summed E-state index contributed by atoms with van der Waals surface area (Å²) in [5.74, 6) is 0.470. The van der Waals surface area contributed by atoms with Crippen molar-refractivity contribution in [1.82, 2.24) is 9.62 Å². The van der Waals surface area contributed by atoms with E-state index >= 15 is 0 Å². The van der Waals surface area contributed by atoms with E-state index in [1.54, 1.807) is 22.5 Å². The lowest BCUT2D eigenvalue weighted by Crippen LogP contribution is -2.39. The van der Waals surface area contributed by atoms with Crippen LogP contribution < -0.4 is 5.32 Å². The van der Waals surface area contributed by atoms with E-state index < -0.39 is 10.0 Å². The number of hydrogen-bond acceptors (Lipinski definition) is 3. The molecule has 0 radical (unpaired) electrons. The molecule has 4 nitrogen and oxygen atoms in total. The molecule has 1 aliphatic rings. The maximum Gasteiger partial charge on any atom is 0.243 e. The minimum absolute atomic E-state index is 0.342. The van der Waals surface area contributed by atoms with Gasteiger partial charge < -0.3 is 5.32 Å². The molecule has 1 heterocycles. The lowest BCUT2D eigenvalue weighted by Gasteiger charge is -2.31. The maximum absolute atomic E-state index is 12.8. The summed E-state index contributed by atoms with van der Waals surface area (Å²) < 4.78 is 27.2. The van der Waals surface area contributed by atoms with Crippen LogP contribution in [0.2, 0.25) is 5.02 Å². The normalized spacial score (nSPS) is 20.6. The van der Waals surface area contributed by atoms with Crippen LogP contribution in [0.1, 0.15) is 31.7 Å². The maximum atomic E-state index is 12.8. The van der Waals surface area contributed by atoms with Crippen molar-refractivity contribution in [3.8, 4) is 0 Å². The van der Waals surface area contributed by atoms with Gasteiger partial charge in [0.1, 0.15) is 0 Å². The summed E-state index contributed by atoms with van der Waals surface area (Å²) in [6, 6.07) is 4.96. The Kier molecular flexibility index (Phi) is 5.66. The Labute approximate surface area is 132 Å². The Morgan fingerprint density at radius 3 is 2.86 bits per heavy atom. The molecule has 0 amide bonds. The van der Waals surface area contributed by atoms with Crippen molar-refractivity contribution in [3.63, 3.8) is 0 Å². The van der Waals surface area contributed by atoms with Gasteiger partial charge >= 0.3 is 0 Å². The zero-order valence-corrected chi connectivity index (χ0v) is 14.2. The Morgan fingerprint density at radius 1 is 1.43 bits per heavy atom. The third-order valence-corrected chi connectivity index (χ3v) is 6.31. The van der Waals surface area contributed by atoms with Gasteiger partial charge in [-0.05, 0) is 49.6 Å². The number of hydrogen-bond donors (Lipinski definition) is 1. The van der Waals surface area contributed by atoms with E-state index in [0.717, 1.165) is 24.8 Å². The largest absolute Gasteiger partial charge is 0.316 e. The van der Waals surface area contributed by atoms with Crippen molar-refractivity contribution >= 4 is 21.6 Å². The van der Waals surface area contributed by atoms with E-state index in [1.165, 1.54) is 0 Å². The number of benzene rings is 1. The van der Waals surface area contributed by atoms with Gasteiger partial charge in [-0.15, -0.1) is 0 Å². The molecule has 1 saturated heterocycles. The third-order valence-electron chi connectivity index (χ3n) is 4.08. The van der Waals surface area contributed by atoms with Gasteiger partial charge in [0.05, 0.1) is 4.90 Å². The summed E-state index contributed by atoms with van der Waals surface area (Å²) in [4.78, 5) is 0.342. The molecule has 1 fully saturated rings. The van der Waals surface area contributed by atoms with Gasteiger partial charge in [-0.1, -0.05) is 24.9 Å². The first-order valence-corrected chi connectivity index (χ1v) is 9.24. The number of sulfonamides is 1. The first kappa shape index (κ1) is 16.7. The zero-order valence-electron chi connectivity index (χ0n) is 12.6. The first-order chi connectivity index (χ1) is 9.98. The average Bonchev–Trinajstić information content (AvgIpc) is 2.49. The van der Waals surface area contributed by atoms with Crippen LogP contribution in [0.5, 0.6) is 0 Å². The van der Waals surface area contributed by atoms with Crippen molar-refractivity contribution in [2.24, 2.45) is 5.92 Å². The fourth-order valence-electron chi connectivity index (χ4n) is 2.76. The van der Waals surface area contributed by atoms with E-state index in [2.05, 4.69) is 12.2 Å². The van der Waals surface area contributed by atoms with Crippen molar-refractivity contribution in [1.29, 1.82) is 0 Å². The van der Waals surface area contributed by atoms with E-state index in [1.807, 2.05) is 7.05 Å². The molecule has 1 aromatic carbocycles. The lowest BCUT2D eigenvalue weighted by atomic mass is 9.97. The number of piperidine rings is 1. The fraction of sp³-hybridized carbons (Fsp3) is 0.600. The second kappa shape index (κ2) is 7.09. The van der Waals surface area contributed by atoms with Crippen LogP contribution in [0.4, 0.5) is 0 Å². The standard InChI is InChI=1S/C15H23ClN2O2S/c1-3-12-5-4-8-18(11-12)21(19,20)14-6-7-15(16)13(9-14)10-17-2/h6-7,9,12,17H,3-5,8,10-11H2,1-2H3. The molecule has 1 aliphatic heterocycles. The molecule has 6 heteroatoms. The van der Waals surface area contributed by atoms with Crippen molar-refractivity contribution in [2.45, 2.75) is 37.6 Å². The molecule has 2 rings (SSSR count). The van der Waals surface area contributed by atoms with Crippen LogP contribution in [0, 0.1) is 5.92 Å². The number of halogens is 1. The zero-order chi connectivity index (χ0) is 15.5. The van der Waals surface area contributed by atoms with Crippen LogP contribution in [0.15, 0.2) is 23.1 Å². The molecule has 21 heavy (non-hydrogen) atoms. The summed E-state index contributed by atoms with van der Waals surface area (Å²) >= 11 is 6.11. The first-order valence-electron chi connectivity index (χ1n) is 7.42. The van der Waals surface area contributed by atoms with Crippen LogP contribution >= 0.6 is 11.6 Å². The van der Waals surface area contributed by atoms with Gasteiger partial charge in [-0.25, -0.2) is 8.42 Å². The van der Waals surface area contributed by atoms with Gasteiger partial charge in [0.15, 0.2) is 0 Å². The minimum Gasteiger partial charge on any atom is -0.316 e. The van der Waals surface area contributed by atoms with Gasteiger partial charge in [0.2, 0.25) is 10.0 Å².